The highest BCUT2D eigenvalue weighted by atomic mass is 16.5. The van der Waals surface area contributed by atoms with Crippen LogP contribution in [0.2, 0.25) is 0 Å². The predicted molar refractivity (Wildman–Crippen MR) is 80.7 cm³/mol. The van der Waals surface area contributed by atoms with E-state index in [4.69, 9.17) is 9.84 Å². The van der Waals surface area contributed by atoms with Crippen molar-refractivity contribution in [3.05, 3.63) is 29.8 Å². The fourth-order valence-electron chi connectivity index (χ4n) is 1.68. The molecule has 6 heteroatoms. The molecule has 0 bridgehead atoms. The Morgan fingerprint density at radius 3 is 2.33 bits per heavy atom. The van der Waals surface area contributed by atoms with Gasteiger partial charge in [-0.05, 0) is 37.1 Å². The molecule has 116 valence electrons. The number of carboxylic acid groups (broad SMARTS) is 1. The Labute approximate surface area is 124 Å². The highest BCUT2D eigenvalue weighted by Gasteiger charge is 2.16. The molecule has 0 aromatic heterocycles. The molecule has 0 fully saturated rings. The second-order valence-corrected chi connectivity index (χ2v) is 4.99. The first-order chi connectivity index (χ1) is 9.93. The van der Waals surface area contributed by atoms with Crippen LogP contribution < -0.4 is 10.6 Å². The molecule has 0 aliphatic carbocycles. The van der Waals surface area contributed by atoms with Gasteiger partial charge in [0.2, 0.25) is 0 Å². The number of carbonyl (C=O) groups excluding carboxylic acids is 1. The van der Waals surface area contributed by atoms with Gasteiger partial charge in [-0.1, -0.05) is 13.8 Å². The maximum Gasteiger partial charge on any atom is 0.335 e. The van der Waals surface area contributed by atoms with E-state index in [1.54, 1.807) is 12.1 Å². The molecule has 0 spiro atoms. The molecule has 1 aromatic carbocycles. The standard InChI is InChI=1S/C15H22N2O4/c1-4-21-9-13(10(2)3)17-15(20)16-12-7-5-11(6-8-12)14(18)19/h5-8,10,13H,4,9H2,1-3H3,(H,18,19)(H2,16,17,20). The summed E-state index contributed by atoms with van der Waals surface area (Å²) in [6.07, 6.45) is 0. The number of hydrogen-bond acceptors (Lipinski definition) is 3. The van der Waals surface area contributed by atoms with Gasteiger partial charge in [0.1, 0.15) is 0 Å². The lowest BCUT2D eigenvalue weighted by molar-refractivity contribution is 0.0697. The van der Waals surface area contributed by atoms with Crippen molar-refractivity contribution in [1.82, 2.24) is 5.32 Å². The Hall–Kier alpha value is -2.08. The van der Waals surface area contributed by atoms with E-state index in [-0.39, 0.29) is 23.6 Å². The van der Waals surface area contributed by atoms with Crippen molar-refractivity contribution in [3.8, 4) is 0 Å². The van der Waals surface area contributed by atoms with Crippen molar-refractivity contribution < 1.29 is 19.4 Å². The fourth-order valence-corrected chi connectivity index (χ4v) is 1.68. The molecule has 1 aromatic rings. The smallest absolute Gasteiger partial charge is 0.335 e. The fraction of sp³-hybridized carbons (Fsp3) is 0.467. The molecule has 1 unspecified atom stereocenters. The molecule has 0 aliphatic heterocycles. The average molecular weight is 294 g/mol. The quantitative estimate of drug-likeness (QED) is 0.721. The zero-order valence-electron chi connectivity index (χ0n) is 12.6. The molecule has 0 aliphatic rings. The van der Waals surface area contributed by atoms with E-state index in [1.165, 1.54) is 12.1 Å². The molecule has 1 rings (SSSR count). The Balaban J connectivity index is 2.57. The number of amides is 2. The van der Waals surface area contributed by atoms with E-state index >= 15 is 0 Å². The zero-order valence-corrected chi connectivity index (χ0v) is 12.6. The number of carboxylic acids is 1. The van der Waals surface area contributed by atoms with Gasteiger partial charge in [0.15, 0.2) is 0 Å². The average Bonchev–Trinajstić information content (AvgIpc) is 2.43. The van der Waals surface area contributed by atoms with Crippen LogP contribution in [0.3, 0.4) is 0 Å². The summed E-state index contributed by atoms with van der Waals surface area (Å²) in [4.78, 5) is 22.7. The van der Waals surface area contributed by atoms with E-state index in [9.17, 15) is 9.59 Å². The van der Waals surface area contributed by atoms with E-state index in [1.807, 2.05) is 20.8 Å². The number of hydrogen-bond donors (Lipinski definition) is 3. The summed E-state index contributed by atoms with van der Waals surface area (Å²) in [6.45, 7) is 6.97. The Kier molecular flexibility index (Phi) is 6.68. The van der Waals surface area contributed by atoms with Gasteiger partial charge in [-0.25, -0.2) is 9.59 Å². The van der Waals surface area contributed by atoms with Crippen molar-refractivity contribution in [2.75, 3.05) is 18.5 Å². The van der Waals surface area contributed by atoms with Crippen molar-refractivity contribution >= 4 is 17.7 Å². The lowest BCUT2D eigenvalue weighted by Crippen LogP contribution is -2.44. The summed E-state index contributed by atoms with van der Waals surface area (Å²) in [5.41, 5.74) is 0.716. The molecule has 6 nitrogen and oxygen atoms in total. The van der Waals surface area contributed by atoms with E-state index in [0.717, 1.165) is 0 Å². The Bertz CT molecular complexity index is 471. The third-order valence-electron chi connectivity index (χ3n) is 3.01. The summed E-state index contributed by atoms with van der Waals surface area (Å²) in [5, 5.41) is 14.3. The monoisotopic (exact) mass is 294 g/mol. The number of benzene rings is 1. The number of aromatic carboxylic acids is 1. The largest absolute Gasteiger partial charge is 0.478 e. The van der Waals surface area contributed by atoms with E-state index in [2.05, 4.69) is 10.6 Å². The predicted octanol–water partition coefficient (Wildman–Crippen LogP) is 2.57. The SMILES string of the molecule is CCOCC(NC(=O)Nc1ccc(C(=O)O)cc1)C(C)C. The van der Waals surface area contributed by atoms with Crippen LogP contribution >= 0.6 is 0 Å². The second kappa shape index (κ2) is 8.26. The lowest BCUT2D eigenvalue weighted by atomic mass is 10.1. The molecule has 0 heterocycles. The topological polar surface area (TPSA) is 87.7 Å². The number of anilines is 1. The van der Waals surface area contributed by atoms with Crippen molar-refractivity contribution in [1.29, 1.82) is 0 Å². The first kappa shape index (κ1) is 17.0. The minimum Gasteiger partial charge on any atom is -0.478 e. The summed E-state index contributed by atoms with van der Waals surface area (Å²) in [7, 11) is 0. The zero-order chi connectivity index (χ0) is 15.8. The van der Waals surface area contributed by atoms with Gasteiger partial charge in [-0.15, -0.1) is 0 Å². The van der Waals surface area contributed by atoms with Gasteiger partial charge in [0, 0.05) is 12.3 Å². The van der Waals surface area contributed by atoms with Crippen LogP contribution in [0.4, 0.5) is 10.5 Å². The first-order valence-electron chi connectivity index (χ1n) is 6.92. The molecule has 0 radical (unpaired) electrons. The molecule has 21 heavy (non-hydrogen) atoms. The molecular formula is C15H22N2O4. The molecule has 0 saturated heterocycles. The molecule has 3 N–H and O–H groups in total. The summed E-state index contributed by atoms with van der Waals surface area (Å²) < 4.78 is 5.34. The van der Waals surface area contributed by atoms with Crippen LogP contribution in [0.1, 0.15) is 31.1 Å². The first-order valence-corrected chi connectivity index (χ1v) is 6.92. The third kappa shape index (κ3) is 5.83. The summed E-state index contributed by atoms with van der Waals surface area (Å²) >= 11 is 0. The Morgan fingerprint density at radius 2 is 1.86 bits per heavy atom. The molecule has 0 saturated carbocycles. The van der Waals surface area contributed by atoms with Crippen LogP contribution in [0, 0.1) is 5.92 Å². The maximum atomic E-state index is 11.9. The number of carbonyl (C=O) groups is 2. The number of rotatable bonds is 7. The van der Waals surface area contributed by atoms with Gasteiger partial charge >= 0.3 is 12.0 Å². The van der Waals surface area contributed by atoms with Crippen LogP contribution in [0.25, 0.3) is 0 Å². The van der Waals surface area contributed by atoms with Gasteiger partial charge in [-0.2, -0.15) is 0 Å². The van der Waals surface area contributed by atoms with Crippen LogP contribution in [-0.4, -0.2) is 36.4 Å². The highest BCUT2D eigenvalue weighted by Crippen LogP contribution is 2.10. The molecule has 1 atom stereocenters. The van der Waals surface area contributed by atoms with Gasteiger partial charge in [0.05, 0.1) is 18.2 Å². The number of urea groups is 1. The van der Waals surface area contributed by atoms with Crippen LogP contribution in [0.5, 0.6) is 0 Å². The van der Waals surface area contributed by atoms with E-state index in [0.29, 0.717) is 18.9 Å². The van der Waals surface area contributed by atoms with Crippen LogP contribution in [-0.2, 0) is 4.74 Å². The van der Waals surface area contributed by atoms with Crippen molar-refractivity contribution in [3.63, 3.8) is 0 Å². The van der Waals surface area contributed by atoms with E-state index < -0.39 is 5.97 Å². The molecule has 2 amide bonds. The van der Waals surface area contributed by atoms with Crippen molar-refractivity contribution in [2.45, 2.75) is 26.8 Å². The maximum absolute atomic E-state index is 11.9. The lowest BCUT2D eigenvalue weighted by Gasteiger charge is -2.22. The minimum absolute atomic E-state index is 0.0803. The summed E-state index contributed by atoms with van der Waals surface area (Å²) in [6, 6.07) is 5.57. The second-order valence-electron chi connectivity index (χ2n) is 4.99. The Morgan fingerprint density at radius 1 is 1.24 bits per heavy atom. The van der Waals surface area contributed by atoms with Crippen LogP contribution in [0.15, 0.2) is 24.3 Å². The number of ether oxygens (including phenoxy) is 1. The van der Waals surface area contributed by atoms with Gasteiger partial charge in [0.25, 0.3) is 0 Å². The molecular weight excluding hydrogens is 272 g/mol. The normalized spacial score (nSPS) is 12.0. The minimum atomic E-state index is -0.998. The van der Waals surface area contributed by atoms with Gasteiger partial charge in [-0.3, -0.25) is 0 Å². The van der Waals surface area contributed by atoms with Crippen molar-refractivity contribution in [2.24, 2.45) is 5.92 Å². The third-order valence-corrected chi connectivity index (χ3v) is 3.01. The number of nitrogens with one attached hydrogen (secondary N) is 2. The van der Waals surface area contributed by atoms with Gasteiger partial charge < -0.3 is 20.5 Å². The summed E-state index contributed by atoms with van der Waals surface area (Å²) in [5.74, 6) is -0.751. The highest BCUT2D eigenvalue weighted by molar-refractivity contribution is 5.91.